The van der Waals surface area contributed by atoms with Crippen molar-refractivity contribution in [3.63, 3.8) is 0 Å². The Balaban J connectivity index is 1.76. The fourth-order valence-corrected chi connectivity index (χ4v) is 4.61. The number of aromatic nitrogens is 2. The second kappa shape index (κ2) is 7.31. The monoisotopic (exact) mass is 433 g/mol. The van der Waals surface area contributed by atoms with E-state index in [1.54, 1.807) is 12.1 Å². The second-order valence-electron chi connectivity index (χ2n) is 7.36. The Morgan fingerprint density at radius 2 is 1.87 bits per heavy atom. The van der Waals surface area contributed by atoms with Gasteiger partial charge in [-0.2, -0.15) is 0 Å². The van der Waals surface area contributed by atoms with Gasteiger partial charge in [0.1, 0.15) is 16.3 Å². The summed E-state index contributed by atoms with van der Waals surface area (Å²) in [5.74, 6) is 0.368. The van der Waals surface area contributed by atoms with Gasteiger partial charge in [0, 0.05) is 0 Å². The van der Waals surface area contributed by atoms with E-state index in [0.717, 1.165) is 21.9 Å². The van der Waals surface area contributed by atoms with Crippen LogP contribution in [0.25, 0.3) is 11.0 Å². The molecule has 0 bridgehead atoms. The highest BCUT2D eigenvalue weighted by Gasteiger charge is 2.45. The number of anilines is 1. The molecule has 0 saturated heterocycles. The van der Waals surface area contributed by atoms with Crippen molar-refractivity contribution in [3.8, 4) is 5.75 Å². The molecule has 0 radical (unpaired) electrons. The predicted molar refractivity (Wildman–Crippen MR) is 118 cm³/mol. The van der Waals surface area contributed by atoms with Crippen molar-refractivity contribution >= 4 is 33.3 Å². The van der Waals surface area contributed by atoms with Crippen LogP contribution >= 0.6 is 11.3 Å². The Hall–Kier alpha value is -3.52. The molecule has 1 aliphatic rings. The van der Waals surface area contributed by atoms with Gasteiger partial charge >= 0.3 is 0 Å². The molecule has 0 saturated carbocycles. The maximum atomic E-state index is 13.6. The van der Waals surface area contributed by atoms with Gasteiger partial charge < -0.3 is 9.15 Å². The number of amides is 1. The molecule has 1 amide bonds. The van der Waals surface area contributed by atoms with Gasteiger partial charge in [-0.05, 0) is 50.6 Å². The molecule has 0 aliphatic carbocycles. The van der Waals surface area contributed by atoms with E-state index >= 15 is 0 Å². The summed E-state index contributed by atoms with van der Waals surface area (Å²) in [6.07, 6.45) is 0. The molecule has 1 atom stereocenters. The number of carbonyl (C=O) groups is 1. The smallest absolute Gasteiger partial charge is 0.297 e. The van der Waals surface area contributed by atoms with E-state index < -0.39 is 11.9 Å². The van der Waals surface area contributed by atoms with Crippen LogP contribution in [0.2, 0.25) is 0 Å². The van der Waals surface area contributed by atoms with Crippen molar-refractivity contribution in [1.82, 2.24) is 10.2 Å². The molecule has 2 aromatic heterocycles. The highest BCUT2D eigenvalue weighted by molar-refractivity contribution is 7.15. The second-order valence-corrected chi connectivity index (χ2v) is 8.52. The van der Waals surface area contributed by atoms with Gasteiger partial charge in [-0.25, -0.2) is 0 Å². The van der Waals surface area contributed by atoms with Crippen molar-refractivity contribution in [2.45, 2.75) is 26.8 Å². The van der Waals surface area contributed by atoms with E-state index in [9.17, 15) is 9.59 Å². The van der Waals surface area contributed by atoms with Gasteiger partial charge in [0.05, 0.1) is 23.6 Å². The van der Waals surface area contributed by atoms with Gasteiger partial charge in [-0.15, -0.1) is 10.2 Å². The van der Waals surface area contributed by atoms with E-state index in [-0.39, 0.29) is 11.2 Å². The lowest BCUT2D eigenvalue weighted by molar-refractivity contribution is 0.0970. The van der Waals surface area contributed by atoms with Gasteiger partial charge in [-0.1, -0.05) is 35.1 Å². The molecule has 4 aromatic rings. The van der Waals surface area contributed by atoms with Crippen molar-refractivity contribution in [2.24, 2.45) is 0 Å². The number of ether oxygens (including phenoxy) is 1. The highest BCUT2D eigenvalue weighted by atomic mass is 32.1. The average Bonchev–Trinajstić information content (AvgIpc) is 3.31. The zero-order valence-corrected chi connectivity index (χ0v) is 18.0. The predicted octanol–water partition coefficient (Wildman–Crippen LogP) is 4.41. The summed E-state index contributed by atoms with van der Waals surface area (Å²) in [7, 11) is 0. The third kappa shape index (κ3) is 3.11. The van der Waals surface area contributed by atoms with E-state index in [4.69, 9.17) is 9.15 Å². The summed E-state index contributed by atoms with van der Waals surface area (Å²) in [5.41, 5.74) is 2.21. The van der Waals surface area contributed by atoms with E-state index in [2.05, 4.69) is 10.2 Å². The molecule has 0 fully saturated rings. The van der Waals surface area contributed by atoms with Crippen molar-refractivity contribution in [3.05, 3.63) is 80.1 Å². The Morgan fingerprint density at radius 3 is 2.55 bits per heavy atom. The third-order valence-corrected chi connectivity index (χ3v) is 6.09. The fourth-order valence-electron chi connectivity index (χ4n) is 3.90. The summed E-state index contributed by atoms with van der Waals surface area (Å²) in [6, 6.07) is 12.1. The lowest BCUT2D eigenvalue weighted by Gasteiger charge is -2.22. The van der Waals surface area contributed by atoms with Crippen molar-refractivity contribution < 1.29 is 13.9 Å². The zero-order chi connectivity index (χ0) is 21.7. The maximum Gasteiger partial charge on any atom is 0.297 e. The lowest BCUT2D eigenvalue weighted by atomic mass is 9.98. The molecule has 7 nitrogen and oxygen atoms in total. The number of aryl methyl sites for hydroxylation is 2. The molecule has 0 N–H and O–H groups in total. The fraction of sp³-hybridized carbons (Fsp3) is 0.217. The minimum absolute atomic E-state index is 0.0492. The Morgan fingerprint density at radius 1 is 1.10 bits per heavy atom. The number of hydrogen-bond donors (Lipinski definition) is 0. The average molecular weight is 433 g/mol. The van der Waals surface area contributed by atoms with Crippen molar-refractivity contribution in [2.75, 3.05) is 11.5 Å². The first-order chi connectivity index (χ1) is 15.0. The van der Waals surface area contributed by atoms with Crippen LogP contribution < -0.4 is 15.1 Å². The van der Waals surface area contributed by atoms with E-state index in [1.807, 2.05) is 51.1 Å². The normalized spacial score (nSPS) is 15.5. The van der Waals surface area contributed by atoms with Crippen molar-refractivity contribution in [1.29, 1.82) is 0 Å². The molecule has 5 rings (SSSR count). The Kier molecular flexibility index (Phi) is 4.59. The number of carbonyl (C=O) groups excluding carboxylic acids is 1. The molecule has 8 heteroatoms. The first kappa shape index (κ1) is 19.4. The third-order valence-electron chi connectivity index (χ3n) is 5.25. The minimum Gasteiger partial charge on any atom is -0.494 e. The molecule has 0 spiro atoms. The summed E-state index contributed by atoms with van der Waals surface area (Å²) < 4.78 is 11.5. The molecule has 156 valence electrons. The van der Waals surface area contributed by atoms with Gasteiger partial charge in [0.15, 0.2) is 5.43 Å². The molecular formula is C23H19N3O4S. The highest BCUT2D eigenvalue weighted by Crippen LogP contribution is 2.42. The van der Waals surface area contributed by atoms with Crippen LogP contribution in [0.5, 0.6) is 5.75 Å². The Bertz CT molecular complexity index is 1370. The number of nitrogens with zero attached hydrogens (tertiary/aromatic N) is 3. The van der Waals surface area contributed by atoms with Crippen LogP contribution in [-0.2, 0) is 0 Å². The number of rotatable bonds is 4. The Labute approximate surface area is 181 Å². The summed E-state index contributed by atoms with van der Waals surface area (Å²) in [5, 5.41) is 9.84. The molecule has 31 heavy (non-hydrogen) atoms. The van der Waals surface area contributed by atoms with Crippen LogP contribution in [0, 0.1) is 13.8 Å². The van der Waals surface area contributed by atoms with E-state index in [0.29, 0.717) is 28.3 Å². The molecule has 3 heterocycles. The molecule has 0 unspecified atom stereocenters. The molecule has 1 aliphatic heterocycles. The standard InChI is InChI=1S/C23H19N3O4S/c1-4-29-15-8-6-14(7-9-15)19-18-20(27)16-11-12(2)5-10-17(16)30-21(18)22(28)26(19)23-25-24-13(3)31-23/h5-11,19H,4H2,1-3H3/t19-/m0/s1. The zero-order valence-electron chi connectivity index (χ0n) is 17.2. The molecular weight excluding hydrogens is 414 g/mol. The van der Waals surface area contributed by atoms with Gasteiger partial charge in [0.2, 0.25) is 10.9 Å². The minimum atomic E-state index is -0.660. The van der Waals surface area contributed by atoms with Crippen LogP contribution in [-0.4, -0.2) is 22.7 Å². The lowest BCUT2D eigenvalue weighted by Crippen LogP contribution is -2.29. The van der Waals surface area contributed by atoms with Gasteiger partial charge in [0.25, 0.3) is 5.91 Å². The van der Waals surface area contributed by atoms with Crippen LogP contribution in [0.3, 0.4) is 0 Å². The van der Waals surface area contributed by atoms with Gasteiger partial charge in [-0.3, -0.25) is 14.5 Å². The number of fused-ring (bicyclic) bond motifs is 2. The largest absolute Gasteiger partial charge is 0.494 e. The SMILES string of the molecule is CCOc1ccc([C@H]2c3c(oc4ccc(C)cc4c3=O)C(=O)N2c2nnc(C)s2)cc1. The van der Waals surface area contributed by atoms with Crippen LogP contribution in [0.1, 0.15) is 45.2 Å². The summed E-state index contributed by atoms with van der Waals surface area (Å²) in [6.45, 7) is 6.20. The maximum absolute atomic E-state index is 13.6. The number of hydrogen-bond acceptors (Lipinski definition) is 7. The quantitative estimate of drug-likeness (QED) is 0.474. The van der Waals surface area contributed by atoms with E-state index in [1.165, 1.54) is 16.2 Å². The summed E-state index contributed by atoms with van der Waals surface area (Å²) in [4.78, 5) is 28.5. The number of benzene rings is 2. The first-order valence-corrected chi connectivity index (χ1v) is 10.7. The first-order valence-electron chi connectivity index (χ1n) is 9.91. The van der Waals surface area contributed by atoms with Crippen LogP contribution in [0.4, 0.5) is 5.13 Å². The van der Waals surface area contributed by atoms with Crippen LogP contribution in [0.15, 0.2) is 51.7 Å². The topological polar surface area (TPSA) is 85.5 Å². The summed E-state index contributed by atoms with van der Waals surface area (Å²) >= 11 is 1.30. The molecule has 2 aromatic carbocycles.